The number of carbonyl (C=O) groups excluding carboxylic acids is 1. The number of rotatable bonds is 7. The van der Waals surface area contributed by atoms with Crippen molar-refractivity contribution >= 4 is 17.7 Å². The zero-order chi connectivity index (χ0) is 16.7. The predicted molar refractivity (Wildman–Crippen MR) is 96.2 cm³/mol. The van der Waals surface area contributed by atoms with E-state index in [0.29, 0.717) is 5.56 Å². The lowest BCUT2D eigenvalue weighted by Gasteiger charge is -2.14. The fourth-order valence-corrected chi connectivity index (χ4v) is 3.02. The third-order valence-electron chi connectivity index (χ3n) is 3.67. The molecule has 4 heteroatoms. The average molecular weight is 329 g/mol. The molecular formula is C19H23NO2S. The molecule has 0 spiro atoms. The third-order valence-corrected chi connectivity index (χ3v) is 4.73. The number of ether oxygens (including phenoxy) is 1. The molecule has 1 amide bonds. The van der Waals surface area contributed by atoms with Gasteiger partial charge in [0.05, 0.1) is 7.11 Å². The standard InChI is InChI=1S/C19H23NO2S/c1-4-14(2)20-19(21)15-10-11-18(22-3)16(12-15)13-23-17-8-6-5-7-9-17/h5-12,14H,4,13H2,1-3H3,(H,20,21)/t14-/m1/s1. The maximum atomic E-state index is 12.3. The molecular weight excluding hydrogens is 306 g/mol. The van der Waals surface area contributed by atoms with Crippen molar-refractivity contribution in [2.45, 2.75) is 37.0 Å². The molecule has 0 aliphatic rings. The molecule has 0 heterocycles. The van der Waals surface area contributed by atoms with Crippen LogP contribution in [0.3, 0.4) is 0 Å². The first-order valence-electron chi connectivity index (χ1n) is 7.79. The Morgan fingerprint density at radius 2 is 1.96 bits per heavy atom. The van der Waals surface area contributed by atoms with E-state index in [1.165, 1.54) is 4.90 Å². The summed E-state index contributed by atoms with van der Waals surface area (Å²) in [6, 6.07) is 16.0. The highest BCUT2D eigenvalue weighted by atomic mass is 32.2. The number of nitrogens with one attached hydrogen (secondary N) is 1. The highest BCUT2D eigenvalue weighted by Crippen LogP contribution is 2.28. The van der Waals surface area contributed by atoms with Crippen LogP contribution in [0.25, 0.3) is 0 Å². The minimum absolute atomic E-state index is 0.0343. The van der Waals surface area contributed by atoms with Crippen molar-refractivity contribution < 1.29 is 9.53 Å². The molecule has 0 bridgehead atoms. The molecule has 0 aliphatic carbocycles. The second-order valence-corrected chi connectivity index (χ2v) is 6.46. The highest BCUT2D eigenvalue weighted by molar-refractivity contribution is 7.98. The van der Waals surface area contributed by atoms with Crippen LogP contribution in [0.15, 0.2) is 53.4 Å². The van der Waals surface area contributed by atoms with Crippen molar-refractivity contribution in [3.63, 3.8) is 0 Å². The zero-order valence-corrected chi connectivity index (χ0v) is 14.7. The van der Waals surface area contributed by atoms with Gasteiger partial charge in [0.15, 0.2) is 0 Å². The molecule has 0 aromatic heterocycles. The number of amides is 1. The largest absolute Gasteiger partial charge is 0.496 e. The monoisotopic (exact) mass is 329 g/mol. The van der Waals surface area contributed by atoms with Crippen molar-refractivity contribution in [2.24, 2.45) is 0 Å². The van der Waals surface area contributed by atoms with Gasteiger partial charge in [-0.15, -0.1) is 11.8 Å². The van der Waals surface area contributed by atoms with E-state index in [9.17, 15) is 4.79 Å². The second-order valence-electron chi connectivity index (χ2n) is 5.41. The van der Waals surface area contributed by atoms with E-state index in [4.69, 9.17) is 4.74 Å². The highest BCUT2D eigenvalue weighted by Gasteiger charge is 2.12. The van der Waals surface area contributed by atoms with Gasteiger partial charge in [-0.2, -0.15) is 0 Å². The lowest BCUT2D eigenvalue weighted by Crippen LogP contribution is -2.31. The van der Waals surface area contributed by atoms with Gasteiger partial charge in [-0.25, -0.2) is 0 Å². The number of benzene rings is 2. The Morgan fingerprint density at radius 3 is 2.61 bits per heavy atom. The van der Waals surface area contributed by atoms with Crippen molar-refractivity contribution in [1.82, 2.24) is 5.32 Å². The van der Waals surface area contributed by atoms with Gasteiger partial charge in [-0.3, -0.25) is 4.79 Å². The number of hydrogen-bond donors (Lipinski definition) is 1. The zero-order valence-electron chi connectivity index (χ0n) is 13.8. The molecule has 0 saturated carbocycles. The van der Waals surface area contributed by atoms with Crippen LogP contribution in [0.1, 0.15) is 36.2 Å². The fraction of sp³-hybridized carbons (Fsp3) is 0.316. The van der Waals surface area contributed by atoms with Gasteiger partial charge < -0.3 is 10.1 Å². The van der Waals surface area contributed by atoms with Crippen LogP contribution in [-0.4, -0.2) is 19.1 Å². The summed E-state index contributed by atoms with van der Waals surface area (Å²) in [5, 5.41) is 3.00. The molecule has 0 saturated heterocycles. The molecule has 2 aromatic carbocycles. The molecule has 2 rings (SSSR count). The predicted octanol–water partition coefficient (Wildman–Crippen LogP) is 4.52. The molecule has 122 valence electrons. The fourth-order valence-electron chi connectivity index (χ4n) is 2.12. The van der Waals surface area contributed by atoms with Crippen molar-refractivity contribution in [2.75, 3.05) is 7.11 Å². The van der Waals surface area contributed by atoms with Crippen LogP contribution in [-0.2, 0) is 5.75 Å². The van der Waals surface area contributed by atoms with Crippen LogP contribution in [0.4, 0.5) is 0 Å². The number of hydrogen-bond acceptors (Lipinski definition) is 3. The molecule has 0 aliphatic heterocycles. The van der Waals surface area contributed by atoms with Crippen LogP contribution in [0.5, 0.6) is 5.75 Å². The summed E-state index contributed by atoms with van der Waals surface area (Å²) in [6.07, 6.45) is 0.915. The van der Waals surface area contributed by atoms with Gasteiger partial charge in [-0.05, 0) is 43.7 Å². The Balaban J connectivity index is 2.13. The first-order chi connectivity index (χ1) is 11.1. The maximum Gasteiger partial charge on any atom is 0.251 e. The molecule has 3 nitrogen and oxygen atoms in total. The van der Waals surface area contributed by atoms with Gasteiger partial charge in [0.2, 0.25) is 0 Å². The molecule has 1 N–H and O–H groups in total. The first kappa shape index (κ1) is 17.4. The second kappa shape index (κ2) is 8.63. The van der Waals surface area contributed by atoms with E-state index >= 15 is 0 Å². The summed E-state index contributed by atoms with van der Waals surface area (Å²) < 4.78 is 5.43. The van der Waals surface area contributed by atoms with Crippen LogP contribution >= 0.6 is 11.8 Å². The Labute approximate surface area is 142 Å². The van der Waals surface area contributed by atoms with Crippen LogP contribution < -0.4 is 10.1 Å². The number of methoxy groups -OCH3 is 1. The summed E-state index contributed by atoms with van der Waals surface area (Å²) in [6.45, 7) is 4.06. The molecule has 0 radical (unpaired) electrons. The quantitative estimate of drug-likeness (QED) is 0.759. The van der Waals surface area contributed by atoms with Crippen molar-refractivity contribution in [1.29, 1.82) is 0 Å². The van der Waals surface area contributed by atoms with E-state index < -0.39 is 0 Å². The van der Waals surface area contributed by atoms with Crippen molar-refractivity contribution in [3.05, 3.63) is 59.7 Å². The Bertz CT molecular complexity index is 643. The Morgan fingerprint density at radius 1 is 1.22 bits per heavy atom. The summed E-state index contributed by atoms with van der Waals surface area (Å²) in [4.78, 5) is 13.5. The SMILES string of the molecule is CC[C@@H](C)NC(=O)c1ccc(OC)c(CSc2ccccc2)c1. The Kier molecular flexibility index (Phi) is 6.53. The molecule has 2 aromatic rings. The summed E-state index contributed by atoms with van der Waals surface area (Å²) in [5.74, 6) is 1.54. The topological polar surface area (TPSA) is 38.3 Å². The molecule has 0 fully saturated rings. The van der Waals surface area contributed by atoms with Gasteiger partial charge in [0.25, 0.3) is 5.91 Å². The van der Waals surface area contributed by atoms with Crippen LogP contribution in [0, 0.1) is 0 Å². The minimum atomic E-state index is -0.0343. The lowest BCUT2D eigenvalue weighted by molar-refractivity contribution is 0.0939. The summed E-state index contributed by atoms with van der Waals surface area (Å²) in [5.41, 5.74) is 1.70. The van der Waals surface area contributed by atoms with Gasteiger partial charge >= 0.3 is 0 Å². The number of carbonyl (C=O) groups is 1. The van der Waals surface area contributed by atoms with Gasteiger partial charge in [0.1, 0.15) is 5.75 Å². The van der Waals surface area contributed by atoms with Gasteiger partial charge in [0, 0.05) is 27.8 Å². The van der Waals surface area contributed by atoms with Gasteiger partial charge in [-0.1, -0.05) is 25.1 Å². The number of thioether (sulfide) groups is 1. The minimum Gasteiger partial charge on any atom is -0.496 e. The smallest absolute Gasteiger partial charge is 0.251 e. The lowest BCUT2D eigenvalue weighted by atomic mass is 10.1. The maximum absolute atomic E-state index is 12.3. The van der Waals surface area contributed by atoms with E-state index in [1.807, 2.05) is 43.3 Å². The Hall–Kier alpha value is -1.94. The van der Waals surface area contributed by atoms with Crippen molar-refractivity contribution in [3.8, 4) is 5.75 Å². The molecule has 1 atom stereocenters. The van der Waals surface area contributed by atoms with E-state index in [-0.39, 0.29) is 11.9 Å². The summed E-state index contributed by atoms with van der Waals surface area (Å²) >= 11 is 1.73. The average Bonchev–Trinajstić information content (AvgIpc) is 2.60. The van der Waals surface area contributed by atoms with E-state index in [2.05, 4.69) is 24.4 Å². The first-order valence-corrected chi connectivity index (χ1v) is 8.78. The molecule has 0 unspecified atom stereocenters. The summed E-state index contributed by atoms with van der Waals surface area (Å²) in [7, 11) is 1.66. The third kappa shape index (κ3) is 5.03. The van der Waals surface area contributed by atoms with E-state index in [0.717, 1.165) is 23.5 Å². The van der Waals surface area contributed by atoms with Crippen LogP contribution in [0.2, 0.25) is 0 Å². The van der Waals surface area contributed by atoms with E-state index in [1.54, 1.807) is 18.9 Å². The molecule has 23 heavy (non-hydrogen) atoms. The normalized spacial score (nSPS) is 11.8.